The Labute approximate surface area is 110 Å². The molecule has 0 saturated carbocycles. The molecule has 1 atom stereocenters. The van der Waals surface area contributed by atoms with Gasteiger partial charge in [-0.1, -0.05) is 6.07 Å². The van der Waals surface area contributed by atoms with E-state index in [0.29, 0.717) is 4.88 Å². The lowest BCUT2D eigenvalue weighted by Gasteiger charge is -2.12. The summed E-state index contributed by atoms with van der Waals surface area (Å²) in [5.41, 5.74) is -0.256. The summed E-state index contributed by atoms with van der Waals surface area (Å²) in [6.07, 6.45) is 2.03. The predicted octanol–water partition coefficient (Wildman–Crippen LogP) is 1.68. The number of hydrogen-bond acceptors (Lipinski definition) is 7. The van der Waals surface area contributed by atoms with E-state index >= 15 is 0 Å². The van der Waals surface area contributed by atoms with Crippen LogP contribution in [0.15, 0.2) is 29.9 Å². The quantitative estimate of drug-likeness (QED) is 0.631. The monoisotopic (exact) mass is 280 g/mol. The average Bonchev–Trinajstić information content (AvgIpc) is 2.89. The van der Waals surface area contributed by atoms with E-state index in [0.717, 1.165) is 12.4 Å². The molecule has 98 valence electrons. The molecule has 0 aliphatic heterocycles. The molecule has 0 fully saturated rings. The van der Waals surface area contributed by atoms with Crippen LogP contribution in [0.4, 0.5) is 11.6 Å². The summed E-state index contributed by atoms with van der Waals surface area (Å²) in [4.78, 5) is 29.0. The predicted molar refractivity (Wildman–Crippen MR) is 67.0 cm³/mol. The largest absolute Gasteiger partial charge is 0.479 e. The summed E-state index contributed by atoms with van der Waals surface area (Å²) >= 11 is 1.28. The molecule has 8 nitrogen and oxygen atoms in total. The van der Waals surface area contributed by atoms with Gasteiger partial charge in [-0.05, 0) is 11.4 Å². The van der Waals surface area contributed by atoms with Crippen molar-refractivity contribution in [3.05, 3.63) is 44.9 Å². The minimum absolute atomic E-state index is 0.0198. The zero-order chi connectivity index (χ0) is 13.8. The van der Waals surface area contributed by atoms with Crippen LogP contribution in [0.25, 0.3) is 0 Å². The first-order chi connectivity index (χ1) is 9.08. The lowest BCUT2D eigenvalue weighted by Crippen LogP contribution is -2.20. The maximum Gasteiger partial charge on any atom is 0.331 e. The molecule has 0 aromatic carbocycles. The van der Waals surface area contributed by atoms with Crippen molar-refractivity contribution in [3.8, 4) is 0 Å². The highest BCUT2D eigenvalue weighted by molar-refractivity contribution is 7.10. The number of aromatic nitrogens is 2. The maximum absolute atomic E-state index is 11.2. The van der Waals surface area contributed by atoms with E-state index in [1.54, 1.807) is 17.5 Å². The summed E-state index contributed by atoms with van der Waals surface area (Å²) in [6.45, 7) is 0. The van der Waals surface area contributed by atoms with E-state index in [1.807, 2.05) is 0 Å². The normalized spacial score (nSPS) is 11.8. The average molecular weight is 280 g/mol. The van der Waals surface area contributed by atoms with Crippen LogP contribution in [-0.4, -0.2) is 26.0 Å². The van der Waals surface area contributed by atoms with Crippen molar-refractivity contribution in [2.45, 2.75) is 6.04 Å². The zero-order valence-corrected chi connectivity index (χ0v) is 10.2. The third kappa shape index (κ3) is 3.01. The Hall–Kier alpha value is -2.55. The van der Waals surface area contributed by atoms with Crippen LogP contribution in [0.5, 0.6) is 0 Å². The zero-order valence-electron chi connectivity index (χ0n) is 9.39. The molecule has 0 aliphatic rings. The van der Waals surface area contributed by atoms with E-state index in [2.05, 4.69) is 15.3 Å². The van der Waals surface area contributed by atoms with Crippen LogP contribution >= 0.6 is 11.3 Å². The van der Waals surface area contributed by atoms with Gasteiger partial charge in [-0.2, -0.15) is 0 Å². The lowest BCUT2D eigenvalue weighted by molar-refractivity contribution is -0.385. The molecule has 0 aliphatic carbocycles. The molecule has 2 heterocycles. The van der Waals surface area contributed by atoms with Crippen LogP contribution in [0.1, 0.15) is 10.9 Å². The number of nitro groups is 1. The molecule has 0 bridgehead atoms. The lowest BCUT2D eigenvalue weighted by atomic mass is 10.2. The summed E-state index contributed by atoms with van der Waals surface area (Å²) in [6, 6.07) is 2.41. The Bertz CT molecular complexity index is 584. The van der Waals surface area contributed by atoms with Gasteiger partial charge in [0.2, 0.25) is 5.95 Å². The molecule has 9 heteroatoms. The second-order valence-electron chi connectivity index (χ2n) is 3.45. The molecule has 0 radical (unpaired) electrons. The van der Waals surface area contributed by atoms with Gasteiger partial charge in [-0.3, -0.25) is 10.1 Å². The van der Waals surface area contributed by atoms with Crippen molar-refractivity contribution in [1.82, 2.24) is 9.97 Å². The standard InChI is InChI=1S/C10H8N4O4S/c15-9(16)8(7-2-1-3-19-7)13-10-11-4-6(5-12-10)14(17)18/h1-5,8H,(H,15,16)(H,11,12,13). The van der Waals surface area contributed by atoms with Gasteiger partial charge in [0, 0.05) is 4.88 Å². The number of nitrogens with one attached hydrogen (secondary N) is 1. The van der Waals surface area contributed by atoms with Crippen molar-refractivity contribution in [1.29, 1.82) is 0 Å². The molecule has 0 saturated heterocycles. The first-order valence-corrected chi connectivity index (χ1v) is 5.95. The fourth-order valence-corrected chi connectivity index (χ4v) is 2.10. The number of hydrogen-bond donors (Lipinski definition) is 2. The number of carboxylic acid groups (broad SMARTS) is 1. The van der Waals surface area contributed by atoms with Gasteiger partial charge in [-0.25, -0.2) is 14.8 Å². The Morgan fingerprint density at radius 2 is 2.16 bits per heavy atom. The molecule has 0 spiro atoms. The number of anilines is 1. The first-order valence-electron chi connectivity index (χ1n) is 5.07. The van der Waals surface area contributed by atoms with Crippen LogP contribution in [0.3, 0.4) is 0 Å². The molecule has 19 heavy (non-hydrogen) atoms. The highest BCUT2D eigenvalue weighted by Gasteiger charge is 2.21. The summed E-state index contributed by atoms with van der Waals surface area (Å²) < 4.78 is 0. The minimum Gasteiger partial charge on any atom is -0.479 e. The summed E-state index contributed by atoms with van der Waals surface area (Å²) in [5, 5.41) is 23.9. The van der Waals surface area contributed by atoms with Crippen LogP contribution in [0.2, 0.25) is 0 Å². The van der Waals surface area contributed by atoms with Gasteiger partial charge in [-0.15, -0.1) is 11.3 Å². The highest BCUT2D eigenvalue weighted by Crippen LogP contribution is 2.22. The van der Waals surface area contributed by atoms with E-state index in [-0.39, 0.29) is 11.6 Å². The smallest absolute Gasteiger partial charge is 0.331 e. The van der Waals surface area contributed by atoms with Crippen molar-refractivity contribution < 1.29 is 14.8 Å². The van der Waals surface area contributed by atoms with Crippen LogP contribution in [0, 0.1) is 10.1 Å². The highest BCUT2D eigenvalue weighted by atomic mass is 32.1. The molecular weight excluding hydrogens is 272 g/mol. The summed E-state index contributed by atoms with van der Waals surface area (Å²) in [7, 11) is 0. The number of nitrogens with zero attached hydrogens (tertiary/aromatic N) is 3. The minimum atomic E-state index is -1.08. The van der Waals surface area contributed by atoms with Gasteiger partial charge in [0.1, 0.15) is 12.4 Å². The first kappa shape index (κ1) is 12.9. The van der Waals surface area contributed by atoms with Crippen molar-refractivity contribution in [2.24, 2.45) is 0 Å². The van der Waals surface area contributed by atoms with E-state index < -0.39 is 16.9 Å². The van der Waals surface area contributed by atoms with Gasteiger partial charge in [0.05, 0.1) is 4.92 Å². The second kappa shape index (κ2) is 5.40. The van der Waals surface area contributed by atoms with Crippen molar-refractivity contribution in [3.63, 3.8) is 0 Å². The molecule has 1 unspecified atom stereocenters. The number of carboxylic acids is 1. The molecule has 2 N–H and O–H groups in total. The topological polar surface area (TPSA) is 118 Å². The Morgan fingerprint density at radius 3 is 2.63 bits per heavy atom. The third-order valence-electron chi connectivity index (χ3n) is 2.20. The van der Waals surface area contributed by atoms with E-state index in [9.17, 15) is 14.9 Å². The molecule has 2 rings (SSSR count). The Morgan fingerprint density at radius 1 is 1.47 bits per heavy atom. The fourth-order valence-electron chi connectivity index (χ4n) is 1.33. The number of thiophene rings is 1. The molecule has 0 amide bonds. The van der Waals surface area contributed by atoms with Crippen LogP contribution in [-0.2, 0) is 4.79 Å². The van der Waals surface area contributed by atoms with Gasteiger partial charge >= 0.3 is 11.7 Å². The van der Waals surface area contributed by atoms with Crippen LogP contribution < -0.4 is 5.32 Å². The SMILES string of the molecule is O=C(O)C(Nc1ncc([N+](=O)[O-])cn1)c1cccs1. The van der Waals surface area contributed by atoms with E-state index in [4.69, 9.17) is 5.11 Å². The molecular formula is C10H8N4O4S. The Kier molecular flexibility index (Phi) is 3.66. The van der Waals surface area contributed by atoms with Crippen molar-refractivity contribution >= 4 is 28.9 Å². The molecule has 2 aromatic rings. The van der Waals surface area contributed by atoms with E-state index in [1.165, 1.54) is 11.3 Å². The number of rotatable bonds is 5. The van der Waals surface area contributed by atoms with Gasteiger partial charge in [0.15, 0.2) is 6.04 Å². The fraction of sp³-hybridized carbons (Fsp3) is 0.100. The third-order valence-corrected chi connectivity index (χ3v) is 3.13. The Balaban J connectivity index is 2.18. The van der Waals surface area contributed by atoms with Gasteiger partial charge in [0.25, 0.3) is 0 Å². The number of aliphatic carboxylic acids is 1. The van der Waals surface area contributed by atoms with Crippen molar-refractivity contribution in [2.75, 3.05) is 5.32 Å². The van der Waals surface area contributed by atoms with Gasteiger partial charge < -0.3 is 10.4 Å². The molecule has 2 aromatic heterocycles. The summed E-state index contributed by atoms with van der Waals surface area (Å²) in [5.74, 6) is -1.06. The second-order valence-corrected chi connectivity index (χ2v) is 4.43. The maximum atomic E-state index is 11.2. The number of carbonyl (C=O) groups is 1.